The van der Waals surface area contributed by atoms with Crippen molar-refractivity contribution in [2.24, 2.45) is 17.8 Å². The summed E-state index contributed by atoms with van der Waals surface area (Å²) in [5.74, 6) is 0.421. The van der Waals surface area contributed by atoms with Crippen molar-refractivity contribution >= 4 is 30.2 Å². The quantitative estimate of drug-likeness (QED) is 0.601. The number of carbonyl (C=O) groups excluding carboxylic acids is 2. The lowest BCUT2D eigenvalue weighted by atomic mass is 9.84. The number of likely N-dealkylation sites (tertiary alicyclic amines) is 1. The largest absolute Gasteiger partial charge is 0.481 e. The summed E-state index contributed by atoms with van der Waals surface area (Å²) in [4.78, 5) is 37.9. The van der Waals surface area contributed by atoms with E-state index in [9.17, 15) is 14.4 Å². The zero-order chi connectivity index (χ0) is 19.9. The highest BCUT2D eigenvalue weighted by atomic mass is 35.5. The Morgan fingerprint density at radius 2 is 1.45 bits per heavy atom. The van der Waals surface area contributed by atoms with E-state index in [2.05, 4.69) is 10.6 Å². The zero-order valence-corrected chi connectivity index (χ0v) is 18.1. The summed E-state index contributed by atoms with van der Waals surface area (Å²) in [6.07, 6.45) is 8.03. The number of carboxylic acid groups (broad SMARTS) is 1. The van der Waals surface area contributed by atoms with Crippen molar-refractivity contribution < 1.29 is 19.5 Å². The zero-order valence-electron chi connectivity index (χ0n) is 17.2. The van der Waals surface area contributed by atoms with Crippen LogP contribution < -0.4 is 10.6 Å². The molecule has 2 heterocycles. The third-order valence-corrected chi connectivity index (χ3v) is 6.76. The Morgan fingerprint density at radius 1 is 0.862 bits per heavy atom. The van der Waals surface area contributed by atoms with Crippen LogP contribution in [0.5, 0.6) is 0 Å². The van der Waals surface area contributed by atoms with Gasteiger partial charge in [-0.25, -0.2) is 0 Å². The fraction of sp³-hybridized carbons (Fsp3) is 0.857. The molecular weight excluding hydrogens is 394 g/mol. The Kier molecular flexibility index (Phi) is 9.69. The van der Waals surface area contributed by atoms with E-state index in [0.29, 0.717) is 25.4 Å². The van der Waals surface area contributed by atoms with Crippen LogP contribution in [0.2, 0.25) is 0 Å². The van der Waals surface area contributed by atoms with Crippen LogP contribution in [0, 0.1) is 17.8 Å². The summed E-state index contributed by atoms with van der Waals surface area (Å²) >= 11 is 0. The van der Waals surface area contributed by atoms with Crippen LogP contribution in [-0.4, -0.2) is 60.0 Å². The van der Waals surface area contributed by atoms with Crippen molar-refractivity contribution in [2.45, 2.75) is 70.3 Å². The maximum Gasteiger partial charge on any atom is 0.303 e. The summed E-state index contributed by atoms with van der Waals surface area (Å²) in [6, 6.07) is 0.208. The molecule has 29 heavy (non-hydrogen) atoms. The molecule has 0 spiro atoms. The minimum Gasteiger partial charge on any atom is -0.481 e. The number of nitrogens with one attached hydrogen (secondary N) is 2. The van der Waals surface area contributed by atoms with Gasteiger partial charge in [0.2, 0.25) is 11.8 Å². The van der Waals surface area contributed by atoms with Gasteiger partial charge in [-0.15, -0.1) is 12.4 Å². The molecule has 0 aromatic rings. The predicted octanol–water partition coefficient (Wildman–Crippen LogP) is 2.19. The summed E-state index contributed by atoms with van der Waals surface area (Å²) < 4.78 is 0. The van der Waals surface area contributed by atoms with E-state index in [4.69, 9.17) is 5.11 Å². The average Bonchev–Trinajstić information content (AvgIpc) is 2.69. The van der Waals surface area contributed by atoms with Crippen molar-refractivity contribution in [1.82, 2.24) is 15.5 Å². The molecule has 0 aromatic carbocycles. The smallest absolute Gasteiger partial charge is 0.303 e. The first-order chi connectivity index (χ1) is 13.5. The van der Waals surface area contributed by atoms with Crippen LogP contribution in [0.4, 0.5) is 0 Å². The van der Waals surface area contributed by atoms with Crippen molar-refractivity contribution in [2.75, 3.05) is 26.2 Å². The molecule has 166 valence electrons. The number of aliphatic carboxylic acids is 1. The van der Waals surface area contributed by atoms with Crippen LogP contribution in [0.15, 0.2) is 0 Å². The first kappa shape index (κ1) is 23.9. The molecule has 0 radical (unpaired) electrons. The van der Waals surface area contributed by atoms with E-state index in [0.717, 1.165) is 64.5 Å². The molecule has 2 amide bonds. The first-order valence-corrected chi connectivity index (χ1v) is 11.0. The lowest BCUT2D eigenvalue weighted by Crippen LogP contribution is -2.45. The molecule has 3 rings (SSSR count). The maximum atomic E-state index is 12.8. The maximum absolute atomic E-state index is 12.8. The van der Waals surface area contributed by atoms with E-state index in [1.54, 1.807) is 0 Å². The molecular formula is C21H36ClN3O4. The second kappa shape index (κ2) is 11.7. The molecule has 1 aliphatic carbocycles. The molecule has 0 bridgehead atoms. The van der Waals surface area contributed by atoms with Crippen LogP contribution in [0.1, 0.15) is 64.2 Å². The van der Waals surface area contributed by atoms with Gasteiger partial charge in [0, 0.05) is 37.9 Å². The van der Waals surface area contributed by atoms with E-state index in [1.165, 1.54) is 0 Å². The Morgan fingerprint density at radius 3 is 2.03 bits per heavy atom. The van der Waals surface area contributed by atoms with E-state index < -0.39 is 5.97 Å². The topological polar surface area (TPSA) is 98.7 Å². The first-order valence-electron chi connectivity index (χ1n) is 11.0. The molecule has 2 aliphatic heterocycles. The molecule has 3 fully saturated rings. The fourth-order valence-electron chi connectivity index (χ4n) is 4.98. The number of halogens is 1. The average molecular weight is 430 g/mol. The van der Waals surface area contributed by atoms with Gasteiger partial charge in [-0.3, -0.25) is 14.4 Å². The second-order valence-corrected chi connectivity index (χ2v) is 8.88. The van der Waals surface area contributed by atoms with Crippen LogP contribution in [0.3, 0.4) is 0 Å². The molecule has 3 N–H and O–H groups in total. The summed E-state index contributed by atoms with van der Waals surface area (Å²) in [5, 5.41) is 15.4. The van der Waals surface area contributed by atoms with Gasteiger partial charge in [-0.05, 0) is 76.3 Å². The number of carboxylic acids is 1. The minimum absolute atomic E-state index is 0. The minimum atomic E-state index is -0.745. The molecule has 8 heteroatoms. The Hall–Kier alpha value is -1.34. The molecule has 1 saturated carbocycles. The molecule has 3 aliphatic rings. The number of carbonyl (C=O) groups is 3. The van der Waals surface area contributed by atoms with Crippen molar-refractivity contribution in [3.05, 3.63) is 0 Å². The van der Waals surface area contributed by atoms with Gasteiger partial charge in [-0.2, -0.15) is 0 Å². The molecule has 0 unspecified atom stereocenters. The van der Waals surface area contributed by atoms with Crippen molar-refractivity contribution in [3.8, 4) is 0 Å². The summed E-state index contributed by atoms with van der Waals surface area (Å²) in [7, 11) is 0. The highest BCUT2D eigenvalue weighted by molar-refractivity contribution is 5.85. The number of nitrogens with zero attached hydrogens (tertiary/aromatic N) is 1. The standard InChI is InChI=1S/C21H35N3O4.ClH/c25-19(13-15-5-9-22-10-6-15)23-18-3-1-17(2-4-18)21(28)24-11-7-16(8-12-24)14-20(26)27;/h15-18,22H,1-14H2,(H,23,25)(H,26,27);1H/t17-,18-;. The number of piperidine rings is 2. The Labute approximate surface area is 179 Å². The molecule has 7 nitrogen and oxygen atoms in total. The van der Waals surface area contributed by atoms with Gasteiger partial charge in [0.05, 0.1) is 0 Å². The van der Waals surface area contributed by atoms with Crippen molar-refractivity contribution in [1.29, 1.82) is 0 Å². The van der Waals surface area contributed by atoms with E-state index >= 15 is 0 Å². The number of rotatable bonds is 6. The second-order valence-electron chi connectivity index (χ2n) is 8.88. The Bertz CT molecular complexity index is 552. The normalized spacial score (nSPS) is 26.4. The van der Waals surface area contributed by atoms with Gasteiger partial charge in [0.25, 0.3) is 0 Å². The van der Waals surface area contributed by atoms with Crippen LogP contribution in [-0.2, 0) is 14.4 Å². The van der Waals surface area contributed by atoms with Gasteiger partial charge in [0.1, 0.15) is 0 Å². The molecule has 0 aromatic heterocycles. The van der Waals surface area contributed by atoms with Crippen LogP contribution >= 0.6 is 12.4 Å². The van der Waals surface area contributed by atoms with Gasteiger partial charge in [-0.1, -0.05) is 0 Å². The van der Waals surface area contributed by atoms with Crippen LogP contribution in [0.25, 0.3) is 0 Å². The lowest BCUT2D eigenvalue weighted by Gasteiger charge is -2.36. The third kappa shape index (κ3) is 7.45. The van der Waals surface area contributed by atoms with Gasteiger partial charge < -0.3 is 20.6 Å². The van der Waals surface area contributed by atoms with Gasteiger partial charge >= 0.3 is 5.97 Å². The monoisotopic (exact) mass is 429 g/mol. The molecule has 0 atom stereocenters. The van der Waals surface area contributed by atoms with E-state index in [1.807, 2.05) is 4.90 Å². The third-order valence-electron chi connectivity index (χ3n) is 6.76. The highest BCUT2D eigenvalue weighted by Crippen LogP contribution is 2.29. The SMILES string of the molecule is Cl.O=C(O)CC1CCN(C(=O)[C@H]2CC[C@H](NC(=O)CC3CCNCC3)CC2)CC1. The number of hydrogen-bond donors (Lipinski definition) is 3. The highest BCUT2D eigenvalue weighted by Gasteiger charge is 2.32. The number of amides is 2. The Balaban J connectivity index is 0.00000300. The fourth-order valence-corrected chi connectivity index (χ4v) is 4.98. The van der Waals surface area contributed by atoms with Crippen molar-refractivity contribution in [3.63, 3.8) is 0 Å². The lowest BCUT2D eigenvalue weighted by molar-refractivity contribution is -0.139. The molecule has 2 saturated heterocycles. The summed E-state index contributed by atoms with van der Waals surface area (Å²) in [5.41, 5.74) is 0. The summed E-state index contributed by atoms with van der Waals surface area (Å²) in [6.45, 7) is 3.39. The van der Waals surface area contributed by atoms with E-state index in [-0.39, 0.29) is 48.5 Å². The van der Waals surface area contributed by atoms with Gasteiger partial charge in [0.15, 0.2) is 0 Å². The predicted molar refractivity (Wildman–Crippen MR) is 113 cm³/mol. The number of hydrogen-bond acceptors (Lipinski definition) is 4.